The van der Waals surface area contributed by atoms with Gasteiger partial charge in [0.25, 0.3) is 0 Å². The van der Waals surface area contributed by atoms with Gasteiger partial charge in [-0.1, -0.05) is 60.2 Å². The molecule has 0 spiro atoms. The maximum Gasteiger partial charge on any atom is 0.217 e. The molecule has 1 atom stereocenters. The molecule has 3 heteroatoms. The predicted molar refractivity (Wildman–Crippen MR) is 78.5 cm³/mol. The van der Waals surface area contributed by atoms with Gasteiger partial charge in [0.15, 0.2) is 5.78 Å². The van der Waals surface area contributed by atoms with Crippen LogP contribution in [0.15, 0.2) is 54.6 Å². The van der Waals surface area contributed by atoms with E-state index in [9.17, 15) is 9.59 Å². The minimum Gasteiger partial charge on any atom is -0.342 e. The Morgan fingerprint density at radius 2 is 1.55 bits per heavy atom. The Morgan fingerprint density at radius 3 is 2.10 bits per heavy atom. The van der Waals surface area contributed by atoms with E-state index in [0.29, 0.717) is 5.56 Å². The minimum absolute atomic E-state index is 0.105. The molecule has 0 aliphatic carbocycles. The average molecular weight is 267 g/mol. The summed E-state index contributed by atoms with van der Waals surface area (Å²) in [7, 11) is 0. The van der Waals surface area contributed by atoms with Gasteiger partial charge in [-0.05, 0) is 12.5 Å². The van der Waals surface area contributed by atoms with Crippen LogP contribution in [0.1, 0.15) is 34.5 Å². The summed E-state index contributed by atoms with van der Waals surface area (Å²) in [4.78, 5) is 23.9. The number of carbonyl (C=O) groups excluding carboxylic acids is 2. The molecule has 0 aliphatic rings. The maximum atomic E-state index is 12.6. The Morgan fingerprint density at radius 1 is 0.950 bits per heavy atom. The first kappa shape index (κ1) is 14.0. The van der Waals surface area contributed by atoms with Crippen molar-refractivity contribution in [3.8, 4) is 0 Å². The number of hydrogen-bond acceptors (Lipinski definition) is 2. The van der Waals surface area contributed by atoms with E-state index in [0.717, 1.165) is 11.1 Å². The molecule has 0 fully saturated rings. The van der Waals surface area contributed by atoms with Crippen LogP contribution < -0.4 is 5.32 Å². The molecule has 0 saturated heterocycles. The zero-order valence-corrected chi connectivity index (χ0v) is 11.6. The lowest BCUT2D eigenvalue weighted by Gasteiger charge is -2.17. The number of amides is 1. The summed E-state index contributed by atoms with van der Waals surface area (Å²) in [5.41, 5.74) is 2.48. The highest BCUT2D eigenvalue weighted by Crippen LogP contribution is 2.19. The second kappa shape index (κ2) is 6.15. The Kier molecular flexibility index (Phi) is 4.31. The molecule has 102 valence electrons. The first-order chi connectivity index (χ1) is 9.58. The largest absolute Gasteiger partial charge is 0.342 e. The first-order valence-corrected chi connectivity index (χ1v) is 6.51. The van der Waals surface area contributed by atoms with Crippen molar-refractivity contribution < 1.29 is 9.59 Å². The summed E-state index contributed by atoms with van der Waals surface area (Å²) in [6, 6.07) is 16.0. The number of nitrogens with one attached hydrogen (secondary N) is 1. The number of aryl methyl sites for hydroxylation is 1. The van der Waals surface area contributed by atoms with Crippen molar-refractivity contribution in [1.29, 1.82) is 0 Å². The maximum absolute atomic E-state index is 12.6. The Hall–Kier alpha value is -2.42. The van der Waals surface area contributed by atoms with Crippen molar-refractivity contribution in [2.75, 3.05) is 0 Å². The highest BCUT2D eigenvalue weighted by Gasteiger charge is 2.22. The van der Waals surface area contributed by atoms with Gasteiger partial charge in [0.1, 0.15) is 6.04 Å². The topological polar surface area (TPSA) is 46.2 Å². The fraction of sp³-hybridized carbons (Fsp3) is 0.176. The van der Waals surface area contributed by atoms with Gasteiger partial charge in [0.05, 0.1) is 0 Å². The van der Waals surface area contributed by atoms with Crippen LogP contribution in [0.3, 0.4) is 0 Å². The Balaban J connectivity index is 2.34. The molecule has 0 radical (unpaired) electrons. The van der Waals surface area contributed by atoms with Crippen LogP contribution in [0, 0.1) is 6.92 Å². The molecule has 20 heavy (non-hydrogen) atoms. The summed E-state index contributed by atoms with van der Waals surface area (Å²) in [5, 5.41) is 2.72. The Bertz CT molecular complexity index is 603. The number of carbonyl (C=O) groups is 2. The van der Waals surface area contributed by atoms with Crippen LogP contribution in [-0.2, 0) is 4.79 Å². The summed E-state index contributed by atoms with van der Waals surface area (Å²) in [6.07, 6.45) is 0. The van der Waals surface area contributed by atoms with Crippen LogP contribution in [0.4, 0.5) is 0 Å². The number of rotatable bonds is 4. The zero-order valence-electron chi connectivity index (χ0n) is 11.6. The predicted octanol–water partition coefficient (Wildman–Crippen LogP) is 3.06. The van der Waals surface area contributed by atoms with E-state index in [2.05, 4.69) is 5.32 Å². The number of hydrogen-bond donors (Lipinski definition) is 1. The second-order valence-electron chi connectivity index (χ2n) is 4.77. The lowest BCUT2D eigenvalue weighted by molar-refractivity contribution is -0.119. The van der Waals surface area contributed by atoms with Gasteiger partial charge in [0.2, 0.25) is 5.91 Å². The summed E-state index contributed by atoms with van der Waals surface area (Å²) >= 11 is 0. The van der Waals surface area contributed by atoms with Gasteiger partial charge < -0.3 is 5.32 Å². The third-order valence-electron chi connectivity index (χ3n) is 3.08. The van der Waals surface area contributed by atoms with Gasteiger partial charge >= 0.3 is 0 Å². The molecule has 1 unspecified atom stereocenters. The van der Waals surface area contributed by atoms with Crippen molar-refractivity contribution in [2.24, 2.45) is 0 Å². The molecule has 2 rings (SSSR count). The van der Waals surface area contributed by atoms with E-state index in [1.54, 1.807) is 12.1 Å². The van der Waals surface area contributed by atoms with Crippen LogP contribution in [0.25, 0.3) is 0 Å². The number of ketones is 1. The molecule has 1 N–H and O–H groups in total. The van der Waals surface area contributed by atoms with Crippen molar-refractivity contribution in [3.63, 3.8) is 0 Å². The van der Waals surface area contributed by atoms with E-state index in [4.69, 9.17) is 0 Å². The monoisotopic (exact) mass is 267 g/mol. The van der Waals surface area contributed by atoms with E-state index < -0.39 is 6.04 Å². The highest BCUT2D eigenvalue weighted by atomic mass is 16.2. The molecule has 0 bridgehead atoms. The third-order valence-corrected chi connectivity index (χ3v) is 3.08. The van der Waals surface area contributed by atoms with Crippen molar-refractivity contribution in [2.45, 2.75) is 19.9 Å². The molecule has 0 heterocycles. The summed E-state index contributed by atoms with van der Waals surface area (Å²) < 4.78 is 0. The first-order valence-electron chi connectivity index (χ1n) is 6.51. The molecular formula is C17H17NO2. The molecule has 3 nitrogen and oxygen atoms in total. The van der Waals surface area contributed by atoms with Crippen LogP contribution in [0.2, 0.25) is 0 Å². The van der Waals surface area contributed by atoms with Gasteiger partial charge in [-0.15, -0.1) is 0 Å². The molecule has 1 amide bonds. The van der Waals surface area contributed by atoms with E-state index >= 15 is 0 Å². The SMILES string of the molecule is CC(=O)NC(C(=O)c1ccc(C)cc1)c1ccccc1. The highest BCUT2D eigenvalue weighted by molar-refractivity contribution is 6.02. The van der Waals surface area contributed by atoms with Crippen LogP contribution in [0.5, 0.6) is 0 Å². The molecule has 0 aromatic heterocycles. The lowest BCUT2D eigenvalue weighted by Crippen LogP contribution is -2.32. The lowest BCUT2D eigenvalue weighted by atomic mass is 9.97. The normalized spacial score (nSPS) is 11.7. The second-order valence-corrected chi connectivity index (χ2v) is 4.77. The van der Waals surface area contributed by atoms with Crippen molar-refractivity contribution in [3.05, 3.63) is 71.3 Å². The van der Waals surface area contributed by atoms with Crippen LogP contribution in [-0.4, -0.2) is 11.7 Å². The molecule has 0 aliphatic heterocycles. The summed E-state index contributed by atoms with van der Waals surface area (Å²) in [6.45, 7) is 3.38. The minimum atomic E-state index is -0.642. The van der Waals surface area contributed by atoms with E-state index in [-0.39, 0.29) is 11.7 Å². The Labute approximate surface area is 118 Å². The third kappa shape index (κ3) is 3.32. The summed E-state index contributed by atoms with van der Waals surface area (Å²) in [5.74, 6) is -0.328. The van der Waals surface area contributed by atoms with Gasteiger partial charge in [0, 0.05) is 12.5 Å². The van der Waals surface area contributed by atoms with Gasteiger partial charge in [-0.2, -0.15) is 0 Å². The van der Waals surface area contributed by atoms with Gasteiger partial charge in [-0.25, -0.2) is 0 Å². The molecule has 2 aromatic carbocycles. The van der Waals surface area contributed by atoms with Crippen LogP contribution >= 0.6 is 0 Å². The number of Topliss-reactive ketones (excluding diaryl/α,β-unsaturated/α-hetero) is 1. The smallest absolute Gasteiger partial charge is 0.217 e. The fourth-order valence-corrected chi connectivity index (χ4v) is 2.03. The zero-order chi connectivity index (χ0) is 14.5. The quantitative estimate of drug-likeness (QED) is 0.865. The number of benzene rings is 2. The average Bonchev–Trinajstić information content (AvgIpc) is 2.45. The fourth-order valence-electron chi connectivity index (χ4n) is 2.03. The standard InChI is InChI=1S/C17H17NO2/c1-12-8-10-15(11-9-12)17(20)16(18-13(2)19)14-6-4-3-5-7-14/h3-11,16H,1-2H3,(H,18,19). The molecule has 2 aromatic rings. The molecule has 0 saturated carbocycles. The van der Waals surface area contributed by atoms with Crippen molar-refractivity contribution in [1.82, 2.24) is 5.32 Å². The van der Waals surface area contributed by atoms with Gasteiger partial charge in [-0.3, -0.25) is 9.59 Å². The molecular weight excluding hydrogens is 250 g/mol. The van der Waals surface area contributed by atoms with E-state index in [1.807, 2.05) is 49.4 Å². The van der Waals surface area contributed by atoms with Crippen molar-refractivity contribution >= 4 is 11.7 Å². The van der Waals surface area contributed by atoms with E-state index in [1.165, 1.54) is 6.92 Å².